The molecule has 88 valence electrons. The number of carboxylic acids is 1. The van der Waals surface area contributed by atoms with E-state index in [4.69, 9.17) is 14.4 Å². The SMILES string of the molecule is CC1COCCN1Cc1cc(C(=O)O)no1. The van der Waals surface area contributed by atoms with Gasteiger partial charge < -0.3 is 14.4 Å². The van der Waals surface area contributed by atoms with Crippen LogP contribution in [-0.2, 0) is 11.3 Å². The fraction of sp³-hybridized carbons (Fsp3) is 0.600. The number of carbonyl (C=O) groups is 1. The van der Waals surface area contributed by atoms with Crippen molar-refractivity contribution in [2.75, 3.05) is 19.8 Å². The van der Waals surface area contributed by atoms with Crippen LogP contribution < -0.4 is 0 Å². The summed E-state index contributed by atoms with van der Waals surface area (Å²) in [6.45, 7) is 4.85. The third kappa shape index (κ3) is 2.40. The summed E-state index contributed by atoms with van der Waals surface area (Å²) in [7, 11) is 0. The normalized spacial score (nSPS) is 22.2. The largest absolute Gasteiger partial charge is 0.476 e. The van der Waals surface area contributed by atoms with Crippen molar-refractivity contribution in [1.29, 1.82) is 0 Å². The molecule has 6 nitrogen and oxygen atoms in total. The minimum absolute atomic E-state index is 0.0455. The molecule has 0 radical (unpaired) electrons. The van der Waals surface area contributed by atoms with Crippen LogP contribution in [0.1, 0.15) is 23.2 Å². The smallest absolute Gasteiger partial charge is 0.358 e. The topological polar surface area (TPSA) is 75.8 Å². The van der Waals surface area contributed by atoms with E-state index >= 15 is 0 Å². The Balaban J connectivity index is 1.99. The summed E-state index contributed by atoms with van der Waals surface area (Å²) in [5, 5.41) is 12.2. The molecule has 1 saturated heterocycles. The Morgan fingerprint density at radius 1 is 1.75 bits per heavy atom. The van der Waals surface area contributed by atoms with Crippen LogP contribution in [0.25, 0.3) is 0 Å². The molecule has 2 heterocycles. The fourth-order valence-corrected chi connectivity index (χ4v) is 1.68. The van der Waals surface area contributed by atoms with Crippen molar-refractivity contribution in [3.8, 4) is 0 Å². The van der Waals surface area contributed by atoms with E-state index < -0.39 is 5.97 Å². The Kier molecular flexibility index (Phi) is 3.21. The maximum absolute atomic E-state index is 10.6. The highest BCUT2D eigenvalue weighted by molar-refractivity contribution is 5.85. The number of ether oxygens (including phenoxy) is 1. The minimum atomic E-state index is -1.06. The molecule has 1 N–H and O–H groups in total. The second-order valence-corrected chi connectivity index (χ2v) is 3.88. The van der Waals surface area contributed by atoms with Crippen LogP contribution >= 0.6 is 0 Å². The summed E-state index contributed by atoms with van der Waals surface area (Å²) in [5.74, 6) is -0.490. The third-order valence-electron chi connectivity index (χ3n) is 2.64. The van der Waals surface area contributed by atoms with E-state index in [0.717, 1.165) is 6.54 Å². The van der Waals surface area contributed by atoms with Crippen molar-refractivity contribution in [2.45, 2.75) is 19.5 Å². The highest BCUT2D eigenvalue weighted by atomic mass is 16.5. The average Bonchev–Trinajstić information content (AvgIpc) is 2.70. The van der Waals surface area contributed by atoms with Crippen LogP contribution in [0.3, 0.4) is 0 Å². The molecular weight excluding hydrogens is 212 g/mol. The minimum Gasteiger partial charge on any atom is -0.476 e. The molecule has 1 aliphatic rings. The van der Waals surface area contributed by atoms with Crippen molar-refractivity contribution in [3.63, 3.8) is 0 Å². The van der Waals surface area contributed by atoms with Gasteiger partial charge in [-0.2, -0.15) is 0 Å². The number of carboxylic acid groups (broad SMARTS) is 1. The lowest BCUT2D eigenvalue weighted by Gasteiger charge is -2.32. The molecule has 0 aliphatic carbocycles. The van der Waals surface area contributed by atoms with Crippen LogP contribution in [0.4, 0.5) is 0 Å². The van der Waals surface area contributed by atoms with Gasteiger partial charge in [0.25, 0.3) is 0 Å². The number of aromatic carboxylic acids is 1. The molecule has 1 aliphatic heterocycles. The number of rotatable bonds is 3. The van der Waals surface area contributed by atoms with Gasteiger partial charge in [-0.1, -0.05) is 5.16 Å². The molecule has 2 rings (SSSR count). The highest BCUT2D eigenvalue weighted by Gasteiger charge is 2.21. The van der Waals surface area contributed by atoms with E-state index in [1.54, 1.807) is 0 Å². The predicted octanol–water partition coefficient (Wildman–Crippen LogP) is 0.593. The number of morpholine rings is 1. The first kappa shape index (κ1) is 11.1. The summed E-state index contributed by atoms with van der Waals surface area (Å²) < 4.78 is 10.3. The van der Waals surface area contributed by atoms with E-state index in [1.165, 1.54) is 6.07 Å². The van der Waals surface area contributed by atoms with Crippen molar-refractivity contribution < 1.29 is 19.2 Å². The predicted molar refractivity (Wildman–Crippen MR) is 54.2 cm³/mol. The van der Waals surface area contributed by atoms with Gasteiger partial charge >= 0.3 is 5.97 Å². The van der Waals surface area contributed by atoms with Gasteiger partial charge in [-0.25, -0.2) is 4.79 Å². The Morgan fingerprint density at radius 3 is 3.19 bits per heavy atom. The zero-order chi connectivity index (χ0) is 11.5. The number of hydrogen-bond donors (Lipinski definition) is 1. The van der Waals surface area contributed by atoms with E-state index in [2.05, 4.69) is 17.0 Å². The quantitative estimate of drug-likeness (QED) is 0.813. The van der Waals surface area contributed by atoms with E-state index in [1.807, 2.05) is 0 Å². The van der Waals surface area contributed by atoms with Gasteiger partial charge in [-0.15, -0.1) is 0 Å². The maximum atomic E-state index is 10.6. The Hall–Kier alpha value is -1.40. The van der Waals surface area contributed by atoms with E-state index in [9.17, 15) is 4.79 Å². The molecule has 6 heteroatoms. The molecule has 1 fully saturated rings. The number of hydrogen-bond acceptors (Lipinski definition) is 5. The first-order valence-electron chi connectivity index (χ1n) is 5.17. The third-order valence-corrected chi connectivity index (χ3v) is 2.64. The van der Waals surface area contributed by atoms with Crippen molar-refractivity contribution in [2.24, 2.45) is 0 Å². The molecule has 0 saturated carbocycles. The van der Waals surface area contributed by atoms with Crippen LogP contribution in [0.15, 0.2) is 10.6 Å². The molecule has 0 spiro atoms. The Bertz CT molecular complexity index is 377. The molecule has 0 aromatic carbocycles. The molecule has 16 heavy (non-hydrogen) atoms. The Morgan fingerprint density at radius 2 is 2.56 bits per heavy atom. The second-order valence-electron chi connectivity index (χ2n) is 3.88. The van der Waals surface area contributed by atoms with Gasteiger partial charge in [-0.05, 0) is 6.92 Å². The molecule has 0 bridgehead atoms. The monoisotopic (exact) mass is 226 g/mol. The molecular formula is C10H14N2O4. The van der Waals surface area contributed by atoms with Crippen molar-refractivity contribution in [3.05, 3.63) is 17.5 Å². The summed E-state index contributed by atoms with van der Waals surface area (Å²) >= 11 is 0. The van der Waals surface area contributed by atoms with Gasteiger partial charge in [0, 0.05) is 18.7 Å². The van der Waals surface area contributed by atoms with Gasteiger partial charge in [-0.3, -0.25) is 4.90 Å². The summed E-state index contributed by atoms with van der Waals surface area (Å²) in [6, 6.07) is 1.77. The zero-order valence-electron chi connectivity index (χ0n) is 9.05. The zero-order valence-corrected chi connectivity index (χ0v) is 9.05. The molecule has 1 unspecified atom stereocenters. The van der Waals surface area contributed by atoms with E-state index in [-0.39, 0.29) is 5.69 Å². The maximum Gasteiger partial charge on any atom is 0.358 e. The first-order chi connectivity index (χ1) is 7.66. The number of nitrogens with zero attached hydrogens (tertiary/aromatic N) is 2. The molecule has 0 amide bonds. The lowest BCUT2D eigenvalue weighted by atomic mass is 10.2. The van der Waals surface area contributed by atoms with Crippen molar-refractivity contribution >= 4 is 5.97 Å². The van der Waals surface area contributed by atoms with Crippen LogP contribution in [-0.4, -0.2) is 46.9 Å². The van der Waals surface area contributed by atoms with Gasteiger partial charge in [0.05, 0.1) is 19.8 Å². The van der Waals surface area contributed by atoms with E-state index in [0.29, 0.717) is 31.6 Å². The molecule has 1 aromatic rings. The lowest BCUT2D eigenvalue weighted by Crippen LogP contribution is -2.42. The lowest BCUT2D eigenvalue weighted by molar-refractivity contribution is -0.00779. The summed E-state index contributed by atoms with van der Waals surface area (Å²) in [4.78, 5) is 12.8. The van der Waals surface area contributed by atoms with Crippen LogP contribution in [0.2, 0.25) is 0 Å². The van der Waals surface area contributed by atoms with Gasteiger partial charge in [0.1, 0.15) is 0 Å². The molecule has 1 aromatic heterocycles. The van der Waals surface area contributed by atoms with Crippen molar-refractivity contribution in [1.82, 2.24) is 10.1 Å². The standard InChI is InChI=1S/C10H14N2O4/c1-7-6-15-3-2-12(7)5-8-4-9(10(13)14)11-16-8/h4,7H,2-3,5-6H2,1H3,(H,13,14). The summed E-state index contributed by atoms with van der Waals surface area (Å²) in [5.41, 5.74) is -0.0455. The first-order valence-corrected chi connectivity index (χ1v) is 5.17. The van der Waals surface area contributed by atoms with Crippen LogP contribution in [0, 0.1) is 0 Å². The molecule has 1 atom stereocenters. The van der Waals surface area contributed by atoms with Crippen LogP contribution in [0.5, 0.6) is 0 Å². The van der Waals surface area contributed by atoms with Gasteiger partial charge in [0.2, 0.25) is 0 Å². The summed E-state index contributed by atoms with van der Waals surface area (Å²) in [6.07, 6.45) is 0. The average molecular weight is 226 g/mol. The Labute approximate surface area is 92.8 Å². The number of aromatic nitrogens is 1. The van der Waals surface area contributed by atoms with Gasteiger partial charge in [0.15, 0.2) is 11.5 Å². The highest BCUT2D eigenvalue weighted by Crippen LogP contribution is 2.12. The second kappa shape index (κ2) is 4.63. The fourth-order valence-electron chi connectivity index (χ4n) is 1.68.